The molecule has 0 atom stereocenters. The molecule has 2 rings (SSSR count). The Bertz CT molecular complexity index is 536. The number of rotatable bonds is 3. The van der Waals surface area contributed by atoms with Crippen LogP contribution in [0.4, 0.5) is 5.82 Å². The van der Waals surface area contributed by atoms with E-state index < -0.39 is 0 Å². The van der Waals surface area contributed by atoms with Gasteiger partial charge in [-0.15, -0.1) is 0 Å². The van der Waals surface area contributed by atoms with E-state index in [2.05, 4.69) is 25.9 Å². The second kappa shape index (κ2) is 5.33. The molecular formula is C11H9BrClN3O. The standard InChI is InChI=1S/C11H9BrClN3O/c12-8-3-1-2-7(9(8)13)6-17-11-10(14)15-4-5-16-11/h1-5H,6H2,(H2,14,15). The van der Waals surface area contributed by atoms with E-state index in [4.69, 9.17) is 22.1 Å². The molecule has 0 radical (unpaired) electrons. The molecule has 4 nitrogen and oxygen atoms in total. The van der Waals surface area contributed by atoms with Crippen LogP contribution in [0.3, 0.4) is 0 Å². The highest BCUT2D eigenvalue weighted by Crippen LogP contribution is 2.27. The van der Waals surface area contributed by atoms with E-state index in [1.165, 1.54) is 12.4 Å². The van der Waals surface area contributed by atoms with Crippen molar-refractivity contribution < 1.29 is 4.74 Å². The smallest absolute Gasteiger partial charge is 0.257 e. The van der Waals surface area contributed by atoms with Gasteiger partial charge in [-0.2, -0.15) is 0 Å². The van der Waals surface area contributed by atoms with Crippen molar-refractivity contribution in [1.29, 1.82) is 0 Å². The van der Waals surface area contributed by atoms with Crippen LogP contribution in [-0.2, 0) is 6.61 Å². The molecule has 1 aromatic carbocycles. The number of nitrogens with zero attached hydrogens (tertiary/aromatic N) is 2. The molecule has 0 saturated carbocycles. The van der Waals surface area contributed by atoms with Gasteiger partial charge in [0.05, 0.1) is 5.02 Å². The zero-order valence-corrected chi connectivity index (χ0v) is 11.1. The van der Waals surface area contributed by atoms with Gasteiger partial charge in [-0.25, -0.2) is 9.97 Å². The molecule has 0 fully saturated rings. The highest BCUT2D eigenvalue weighted by Gasteiger charge is 2.07. The lowest BCUT2D eigenvalue weighted by molar-refractivity contribution is 0.294. The number of aromatic nitrogens is 2. The minimum atomic E-state index is 0.263. The molecule has 0 aliphatic carbocycles. The van der Waals surface area contributed by atoms with Gasteiger partial charge in [0, 0.05) is 22.4 Å². The summed E-state index contributed by atoms with van der Waals surface area (Å²) in [4.78, 5) is 7.86. The second-order valence-electron chi connectivity index (χ2n) is 3.25. The lowest BCUT2D eigenvalue weighted by Crippen LogP contribution is -2.02. The van der Waals surface area contributed by atoms with Gasteiger partial charge in [-0.05, 0) is 22.0 Å². The number of nitrogens with two attached hydrogens (primary N) is 1. The third-order valence-electron chi connectivity index (χ3n) is 2.09. The third-order valence-corrected chi connectivity index (χ3v) is 3.42. The summed E-state index contributed by atoms with van der Waals surface area (Å²) >= 11 is 9.45. The zero-order chi connectivity index (χ0) is 12.3. The Kier molecular flexibility index (Phi) is 3.81. The largest absolute Gasteiger partial charge is 0.470 e. The molecule has 0 aliphatic rings. The Morgan fingerprint density at radius 2 is 2.06 bits per heavy atom. The first-order valence-electron chi connectivity index (χ1n) is 4.80. The SMILES string of the molecule is Nc1nccnc1OCc1cccc(Br)c1Cl. The molecule has 0 unspecified atom stereocenters. The van der Waals surface area contributed by atoms with Gasteiger partial charge in [0.25, 0.3) is 5.88 Å². The highest BCUT2D eigenvalue weighted by molar-refractivity contribution is 9.10. The van der Waals surface area contributed by atoms with Gasteiger partial charge in [0.2, 0.25) is 0 Å². The number of hydrogen-bond acceptors (Lipinski definition) is 4. The fourth-order valence-electron chi connectivity index (χ4n) is 1.25. The van der Waals surface area contributed by atoms with Gasteiger partial charge in [0.15, 0.2) is 5.82 Å². The van der Waals surface area contributed by atoms with Crippen LogP contribution in [0.25, 0.3) is 0 Å². The van der Waals surface area contributed by atoms with Crippen molar-refractivity contribution in [2.45, 2.75) is 6.61 Å². The van der Waals surface area contributed by atoms with Crippen molar-refractivity contribution in [1.82, 2.24) is 9.97 Å². The van der Waals surface area contributed by atoms with Crippen molar-refractivity contribution in [3.8, 4) is 5.88 Å². The molecule has 88 valence electrons. The van der Waals surface area contributed by atoms with Gasteiger partial charge >= 0.3 is 0 Å². The quantitative estimate of drug-likeness (QED) is 0.946. The Morgan fingerprint density at radius 1 is 1.29 bits per heavy atom. The summed E-state index contributed by atoms with van der Waals surface area (Å²) < 4.78 is 6.28. The predicted octanol–water partition coefficient (Wildman–Crippen LogP) is 3.05. The number of hydrogen-bond donors (Lipinski definition) is 1. The number of halogens is 2. The second-order valence-corrected chi connectivity index (χ2v) is 4.48. The predicted molar refractivity (Wildman–Crippen MR) is 69.9 cm³/mol. The lowest BCUT2D eigenvalue weighted by Gasteiger charge is -2.08. The summed E-state index contributed by atoms with van der Waals surface area (Å²) in [5, 5.41) is 0.620. The van der Waals surface area contributed by atoms with Crippen LogP contribution in [0.5, 0.6) is 5.88 Å². The summed E-state index contributed by atoms with van der Waals surface area (Å²) in [6.45, 7) is 0.293. The normalized spacial score (nSPS) is 10.2. The Hall–Kier alpha value is -1.33. The van der Waals surface area contributed by atoms with E-state index >= 15 is 0 Å². The van der Waals surface area contributed by atoms with Crippen molar-refractivity contribution in [2.75, 3.05) is 5.73 Å². The topological polar surface area (TPSA) is 61.0 Å². The van der Waals surface area contributed by atoms with Crippen LogP contribution >= 0.6 is 27.5 Å². The van der Waals surface area contributed by atoms with Crippen molar-refractivity contribution in [3.05, 3.63) is 45.7 Å². The number of benzene rings is 1. The van der Waals surface area contributed by atoms with E-state index in [0.717, 1.165) is 10.0 Å². The number of anilines is 1. The van der Waals surface area contributed by atoms with E-state index in [9.17, 15) is 0 Å². The first kappa shape index (κ1) is 12.1. The van der Waals surface area contributed by atoms with Gasteiger partial charge < -0.3 is 10.5 Å². The Labute approximate surface area is 112 Å². The molecule has 2 aromatic rings. The molecule has 0 spiro atoms. The van der Waals surface area contributed by atoms with E-state index in [0.29, 0.717) is 17.5 Å². The summed E-state index contributed by atoms with van der Waals surface area (Å²) in [5.74, 6) is 0.571. The highest BCUT2D eigenvalue weighted by atomic mass is 79.9. The van der Waals surface area contributed by atoms with Crippen LogP contribution in [0.15, 0.2) is 35.1 Å². The average molecular weight is 315 g/mol. The van der Waals surface area contributed by atoms with Crippen molar-refractivity contribution in [3.63, 3.8) is 0 Å². The monoisotopic (exact) mass is 313 g/mol. The minimum absolute atomic E-state index is 0.263. The van der Waals surface area contributed by atoms with Gasteiger partial charge in [0.1, 0.15) is 6.61 Å². The summed E-state index contributed by atoms with van der Waals surface area (Å²) in [7, 11) is 0. The first-order chi connectivity index (χ1) is 8.18. The Morgan fingerprint density at radius 3 is 2.82 bits per heavy atom. The van der Waals surface area contributed by atoms with E-state index in [1.54, 1.807) is 0 Å². The Balaban J connectivity index is 2.13. The molecule has 17 heavy (non-hydrogen) atoms. The molecule has 0 bridgehead atoms. The summed E-state index contributed by atoms with van der Waals surface area (Å²) in [6, 6.07) is 5.62. The molecule has 2 N–H and O–H groups in total. The maximum atomic E-state index is 6.11. The maximum absolute atomic E-state index is 6.11. The van der Waals surface area contributed by atoms with Crippen molar-refractivity contribution in [2.24, 2.45) is 0 Å². The van der Waals surface area contributed by atoms with Crippen LogP contribution in [0.1, 0.15) is 5.56 Å². The number of nitrogen functional groups attached to an aromatic ring is 1. The summed E-state index contributed by atoms with van der Waals surface area (Å²) in [6.07, 6.45) is 3.03. The molecule has 0 aliphatic heterocycles. The van der Waals surface area contributed by atoms with Gasteiger partial charge in [-0.1, -0.05) is 23.7 Å². The molecule has 1 aromatic heterocycles. The van der Waals surface area contributed by atoms with Gasteiger partial charge in [-0.3, -0.25) is 0 Å². The maximum Gasteiger partial charge on any atom is 0.257 e. The first-order valence-corrected chi connectivity index (χ1v) is 5.97. The summed E-state index contributed by atoms with van der Waals surface area (Å²) in [5.41, 5.74) is 6.46. The number of ether oxygens (including phenoxy) is 1. The van der Waals surface area contributed by atoms with Crippen LogP contribution < -0.4 is 10.5 Å². The molecule has 0 saturated heterocycles. The molecule has 0 amide bonds. The van der Waals surface area contributed by atoms with E-state index in [1.807, 2.05) is 18.2 Å². The lowest BCUT2D eigenvalue weighted by atomic mass is 10.2. The molecular weight excluding hydrogens is 305 g/mol. The molecule has 1 heterocycles. The van der Waals surface area contributed by atoms with Crippen molar-refractivity contribution >= 4 is 33.3 Å². The third kappa shape index (κ3) is 2.87. The van der Waals surface area contributed by atoms with Crippen LogP contribution in [0.2, 0.25) is 5.02 Å². The minimum Gasteiger partial charge on any atom is -0.470 e. The molecule has 6 heteroatoms. The van der Waals surface area contributed by atoms with E-state index in [-0.39, 0.29) is 5.82 Å². The fourth-order valence-corrected chi connectivity index (χ4v) is 1.84. The zero-order valence-electron chi connectivity index (χ0n) is 8.73. The fraction of sp³-hybridized carbons (Fsp3) is 0.0909. The van der Waals surface area contributed by atoms with Crippen LogP contribution in [0, 0.1) is 0 Å². The van der Waals surface area contributed by atoms with Crippen LogP contribution in [-0.4, -0.2) is 9.97 Å². The average Bonchev–Trinajstić information content (AvgIpc) is 2.33.